The summed E-state index contributed by atoms with van der Waals surface area (Å²) in [4.78, 5) is 53.4. The summed E-state index contributed by atoms with van der Waals surface area (Å²) < 4.78 is 10.3. The van der Waals surface area contributed by atoms with Crippen LogP contribution in [0.3, 0.4) is 0 Å². The molecular formula is C28H41N3O6S. The third kappa shape index (κ3) is 10.7. The van der Waals surface area contributed by atoms with E-state index in [-0.39, 0.29) is 19.6 Å². The SMILES string of the molecule is C#Cc1ccccc1C(C(=O)NCCC(=O)OCC)N(C(=O)C(CCSC)NC(=O)OC(C)(C)C)C(C)C. The largest absolute Gasteiger partial charge is 0.466 e. The summed E-state index contributed by atoms with van der Waals surface area (Å²) in [6.07, 6.45) is 7.23. The smallest absolute Gasteiger partial charge is 0.408 e. The van der Waals surface area contributed by atoms with Gasteiger partial charge in [0.2, 0.25) is 11.8 Å². The highest BCUT2D eigenvalue weighted by Gasteiger charge is 2.38. The van der Waals surface area contributed by atoms with E-state index in [1.54, 1.807) is 65.8 Å². The van der Waals surface area contributed by atoms with Crippen molar-refractivity contribution >= 4 is 35.6 Å². The Balaban J connectivity index is 3.44. The van der Waals surface area contributed by atoms with Crippen LogP contribution < -0.4 is 10.6 Å². The molecule has 0 spiro atoms. The topological polar surface area (TPSA) is 114 Å². The Hall–Kier alpha value is -3.19. The van der Waals surface area contributed by atoms with Crippen LogP contribution in [0, 0.1) is 12.3 Å². The number of carbonyl (C=O) groups excluding carboxylic acids is 4. The average Bonchev–Trinajstić information content (AvgIpc) is 2.83. The lowest BCUT2D eigenvalue weighted by atomic mass is 9.96. The summed E-state index contributed by atoms with van der Waals surface area (Å²) in [5.41, 5.74) is 0.172. The van der Waals surface area contributed by atoms with Gasteiger partial charge in [0.15, 0.2) is 0 Å². The molecule has 0 aromatic heterocycles. The maximum atomic E-state index is 14.0. The van der Waals surface area contributed by atoms with Crippen molar-refractivity contribution in [3.05, 3.63) is 35.4 Å². The lowest BCUT2D eigenvalue weighted by Gasteiger charge is -2.37. The van der Waals surface area contributed by atoms with Crippen LogP contribution in [-0.2, 0) is 23.9 Å². The van der Waals surface area contributed by atoms with Gasteiger partial charge in [0.1, 0.15) is 17.7 Å². The van der Waals surface area contributed by atoms with E-state index in [4.69, 9.17) is 15.9 Å². The van der Waals surface area contributed by atoms with Crippen molar-refractivity contribution < 1.29 is 28.7 Å². The third-order valence-corrected chi connectivity index (χ3v) is 5.93. The number of nitrogens with zero attached hydrogens (tertiary/aromatic N) is 1. The Kier molecular flexibility index (Phi) is 13.8. The van der Waals surface area contributed by atoms with Crippen LogP contribution in [0.15, 0.2) is 24.3 Å². The van der Waals surface area contributed by atoms with Crippen molar-refractivity contribution in [2.45, 2.75) is 78.1 Å². The van der Waals surface area contributed by atoms with Crippen molar-refractivity contribution in [2.24, 2.45) is 0 Å². The average molecular weight is 548 g/mol. The minimum Gasteiger partial charge on any atom is -0.466 e. The number of amides is 3. The molecule has 0 heterocycles. The van der Waals surface area contributed by atoms with E-state index >= 15 is 0 Å². The number of terminal acetylenes is 1. The fraction of sp³-hybridized carbons (Fsp3) is 0.571. The molecule has 0 aliphatic rings. The lowest BCUT2D eigenvalue weighted by Crippen LogP contribution is -2.55. The normalized spacial score (nSPS) is 12.6. The molecule has 0 saturated heterocycles. The van der Waals surface area contributed by atoms with Gasteiger partial charge >= 0.3 is 12.1 Å². The first-order valence-corrected chi connectivity index (χ1v) is 14.0. The van der Waals surface area contributed by atoms with E-state index in [0.717, 1.165) is 0 Å². The molecule has 1 aromatic carbocycles. The van der Waals surface area contributed by atoms with Gasteiger partial charge in [0.25, 0.3) is 0 Å². The number of hydrogen-bond donors (Lipinski definition) is 2. The second-order valence-corrected chi connectivity index (χ2v) is 10.8. The van der Waals surface area contributed by atoms with Crippen LogP contribution >= 0.6 is 11.8 Å². The van der Waals surface area contributed by atoms with Crippen LogP contribution in [0.4, 0.5) is 4.79 Å². The number of nitrogens with one attached hydrogen (secondary N) is 2. The number of hydrogen-bond acceptors (Lipinski definition) is 7. The first kappa shape index (κ1) is 32.8. The maximum absolute atomic E-state index is 14.0. The van der Waals surface area contributed by atoms with Crippen molar-refractivity contribution in [2.75, 3.05) is 25.2 Å². The van der Waals surface area contributed by atoms with Crippen molar-refractivity contribution in [3.8, 4) is 12.3 Å². The summed E-state index contributed by atoms with van der Waals surface area (Å²) in [6.45, 7) is 10.7. The number of carbonyl (C=O) groups is 4. The summed E-state index contributed by atoms with van der Waals surface area (Å²) in [5.74, 6) is 1.80. The van der Waals surface area contributed by atoms with Gasteiger partial charge in [-0.3, -0.25) is 14.4 Å². The molecular weight excluding hydrogens is 506 g/mol. The zero-order chi connectivity index (χ0) is 28.9. The summed E-state index contributed by atoms with van der Waals surface area (Å²) in [5, 5.41) is 5.44. The molecule has 2 N–H and O–H groups in total. The Labute approximate surface area is 230 Å². The molecule has 0 aliphatic carbocycles. The number of rotatable bonds is 13. The maximum Gasteiger partial charge on any atom is 0.408 e. The van der Waals surface area contributed by atoms with Crippen LogP contribution in [0.2, 0.25) is 0 Å². The molecule has 0 radical (unpaired) electrons. The molecule has 10 heteroatoms. The number of alkyl carbamates (subject to hydrolysis) is 1. The zero-order valence-electron chi connectivity index (χ0n) is 23.5. The molecule has 0 saturated carbocycles. The molecule has 38 heavy (non-hydrogen) atoms. The standard InChI is InChI=1S/C28H41N3O6S/c1-9-20-13-11-12-14-21(20)24(25(33)29-17-15-23(32)36-10-2)31(19(3)4)26(34)22(16-18-38-8)30-27(35)37-28(5,6)7/h1,11-14,19,22,24H,10,15-18H2,2-8H3,(H,29,33)(H,30,35). The fourth-order valence-electron chi connectivity index (χ4n) is 3.70. The highest BCUT2D eigenvalue weighted by Crippen LogP contribution is 2.28. The molecule has 9 nitrogen and oxygen atoms in total. The molecule has 3 amide bonds. The minimum absolute atomic E-state index is 0.0186. The number of thioether (sulfide) groups is 1. The highest BCUT2D eigenvalue weighted by molar-refractivity contribution is 7.98. The molecule has 1 aromatic rings. The molecule has 0 fully saturated rings. The monoisotopic (exact) mass is 547 g/mol. The van der Waals surface area contributed by atoms with E-state index in [0.29, 0.717) is 23.3 Å². The van der Waals surface area contributed by atoms with Crippen molar-refractivity contribution in [1.82, 2.24) is 15.5 Å². The van der Waals surface area contributed by atoms with E-state index in [9.17, 15) is 19.2 Å². The lowest BCUT2D eigenvalue weighted by molar-refractivity contribution is -0.145. The molecule has 0 aliphatic heterocycles. The fourth-order valence-corrected chi connectivity index (χ4v) is 4.18. The van der Waals surface area contributed by atoms with E-state index in [1.165, 1.54) is 16.7 Å². The van der Waals surface area contributed by atoms with Gasteiger partial charge in [-0.15, -0.1) is 6.42 Å². The Morgan fingerprint density at radius 3 is 2.37 bits per heavy atom. The van der Waals surface area contributed by atoms with Crippen LogP contribution in [0.1, 0.15) is 71.6 Å². The van der Waals surface area contributed by atoms with Gasteiger partial charge in [0, 0.05) is 18.2 Å². The van der Waals surface area contributed by atoms with Crippen LogP contribution in [-0.4, -0.2) is 71.6 Å². The zero-order valence-corrected chi connectivity index (χ0v) is 24.3. The quantitative estimate of drug-likeness (QED) is 0.286. The first-order chi connectivity index (χ1) is 17.9. The summed E-state index contributed by atoms with van der Waals surface area (Å²) in [7, 11) is 0. The van der Waals surface area contributed by atoms with E-state index in [1.807, 2.05) is 6.26 Å². The Morgan fingerprint density at radius 2 is 1.82 bits per heavy atom. The second kappa shape index (κ2) is 15.9. The van der Waals surface area contributed by atoms with E-state index in [2.05, 4.69) is 16.6 Å². The molecule has 2 atom stereocenters. The van der Waals surface area contributed by atoms with Crippen LogP contribution in [0.25, 0.3) is 0 Å². The van der Waals surface area contributed by atoms with Gasteiger partial charge in [-0.2, -0.15) is 11.8 Å². The predicted octanol–water partition coefficient (Wildman–Crippen LogP) is 3.66. The molecule has 2 unspecified atom stereocenters. The first-order valence-electron chi connectivity index (χ1n) is 12.7. The van der Waals surface area contributed by atoms with Crippen molar-refractivity contribution in [3.63, 3.8) is 0 Å². The van der Waals surface area contributed by atoms with Gasteiger partial charge in [-0.1, -0.05) is 24.1 Å². The van der Waals surface area contributed by atoms with Crippen molar-refractivity contribution in [1.29, 1.82) is 0 Å². The van der Waals surface area contributed by atoms with Crippen LogP contribution in [0.5, 0.6) is 0 Å². The Bertz CT molecular complexity index is 999. The van der Waals surface area contributed by atoms with Gasteiger partial charge in [-0.25, -0.2) is 4.79 Å². The van der Waals surface area contributed by atoms with Gasteiger partial charge < -0.3 is 25.0 Å². The molecule has 0 bridgehead atoms. The third-order valence-electron chi connectivity index (χ3n) is 5.28. The molecule has 210 valence electrons. The van der Waals surface area contributed by atoms with E-state index < -0.39 is 47.6 Å². The number of esters is 1. The minimum atomic E-state index is -1.10. The second-order valence-electron chi connectivity index (χ2n) is 9.80. The molecule has 1 rings (SSSR count). The number of ether oxygens (including phenoxy) is 2. The predicted molar refractivity (Wildman–Crippen MR) is 150 cm³/mol. The highest BCUT2D eigenvalue weighted by atomic mass is 32.2. The number of benzene rings is 1. The summed E-state index contributed by atoms with van der Waals surface area (Å²) in [6, 6.07) is 4.41. The summed E-state index contributed by atoms with van der Waals surface area (Å²) >= 11 is 1.53. The van der Waals surface area contributed by atoms with Gasteiger partial charge in [0.05, 0.1) is 13.0 Å². The Morgan fingerprint density at radius 1 is 1.16 bits per heavy atom. The van der Waals surface area contributed by atoms with Gasteiger partial charge in [-0.05, 0) is 71.6 Å².